The van der Waals surface area contributed by atoms with Crippen LogP contribution >= 0.6 is 0 Å². The molecule has 5 rings (SSSR count). The number of aromatic nitrogens is 2. The van der Waals surface area contributed by atoms with E-state index in [0.29, 0.717) is 42.5 Å². The van der Waals surface area contributed by atoms with Crippen molar-refractivity contribution in [2.45, 2.75) is 6.54 Å². The average molecular weight is 416 g/mol. The molecule has 1 amide bonds. The fraction of sp³-hybridized carbons (Fsp3) is 0.208. The van der Waals surface area contributed by atoms with Crippen LogP contribution in [0.2, 0.25) is 0 Å². The molecule has 4 aromatic rings. The largest absolute Gasteiger partial charge is 0.336 e. The van der Waals surface area contributed by atoms with Crippen molar-refractivity contribution in [2.24, 2.45) is 0 Å². The van der Waals surface area contributed by atoms with E-state index in [0.717, 1.165) is 23.9 Å². The highest BCUT2D eigenvalue weighted by Crippen LogP contribution is 2.20. The Bertz CT molecular complexity index is 1230. The van der Waals surface area contributed by atoms with Gasteiger partial charge in [-0.05, 0) is 41.1 Å². The van der Waals surface area contributed by atoms with Gasteiger partial charge in [0.05, 0.1) is 6.54 Å². The third-order valence-corrected chi connectivity index (χ3v) is 5.56. The predicted molar refractivity (Wildman–Crippen MR) is 115 cm³/mol. The summed E-state index contributed by atoms with van der Waals surface area (Å²) in [5.41, 5.74) is 1.27. The molecule has 0 atom stereocenters. The molecule has 1 aliphatic heterocycles. The number of carbonyl (C=O) groups excluding carboxylic acids is 1. The lowest BCUT2D eigenvalue weighted by Gasteiger charge is -2.34. The summed E-state index contributed by atoms with van der Waals surface area (Å²) in [5, 5.41) is 6.21. The van der Waals surface area contributed by atoms with Crippen molar-refractivity contribution in [3.63, 3.8) is 0 Å². The predicted octanol–water partition coefficient (Wildman–Crippen LogP) is 3.99. The summed E-state index contributed by atoms with van der Waals surface area (Å²) in [6.45, 7) is 3.25. The van der Waals surface area contributed by atoms with Crippen molar-refractivity contribution in [3.8, 4) is 11.5 Å². The summed E-state index contributed by atoms with van der Waals surface area (Å²) in [5.74, 6) is 0.566. The number of hydrogen-bond donors (Lipinski definition) is 0. The molecule has 7 heteroatoms. The van der Waals surface area contributed by atoms with Crippen LogP contribution in [0.3, 0.4) is 0 Å². The molecule has 1 aliphatic rings. The molecule has 0 N–H and O–H groups in total. The lowest BCUT2D eigenvalue weighted by atomic mass is 10.1. The molecule has 0 unspecified atom stereocenters. The Morgan fingerprint density at radius 2 is 1.74 bits per heavy atom. The number of amides is 1. The first-order chi connectivity index (χ1) is 15.2. The van der Waals surface area contributed by atoms with Gasteiger partial charge >= 0.3 is 0 Å². The van der Waals surface area contributed by atoms with E-state index in [9.17, 15) is 9.18 Å². The zero-order chi connectivity index (χ0) is 21.2. The Labute approximate surface area is 178 Å². The first-order valence-electron chi connectivity index (χ1n) is 10.2. The van der Waals surface area contributed by atoms with E-state index in [-0.39, 0.29) is 11.7 Å². The van der Waals surface area contributed by atoms with Crippen LogP contribution in [0.4, 0.5) is 4.39 Å². The monoisotopic (exact) mass is 416 g/mol. The molecule has 3 aromatic carbocycles. The van der Waals surface area contributed by atoms with Crippen LogP contribution in [0.15, 0.2) is 71.3 Å². The van der Waals surface area contributed by atoms with E-state index in [2.05, 4.69) is 15.0 Å². The fourth-order valence-electron chi connectivity index (χ4n) is 3.87. The summed E-state index contributed by atoms with van der Waals surface area (Å²) in [6, 6.07) is 20.0. The molecule has 0 aliphatic carbocycles. The highest BCUT2D eigenvalue weighted by atomic mass is 19.1. The minimum Gasteiger partial charge on any atom is -0.336 e. The Balaban J connectivity index is 1.20. The van der Waals surface area contributed by atoms with Crippen LogP contribution in [0.25, 0.3) is 22.2 Å². The molecule has 2 heterocycles. The highest BCUT2D eigenvalue weighted by molar-refractivity contribution is 5.98. The van der Waals surface area contributed by atoms with E-state index in [1.54, 1.807) is 12.1 Å². The molecule has 1 aromatic heterocycles. The van der Waals surface area contributed by atoms with Gasteiger partial charge in [-0.25, -0.2) is 4.39 Å². The van der Waals surface area contributed by atoms with Crippen LogP contribution in [0.1, 0.15) is 16.2 Å². The van der Waals surface area contributed by atoms with Gasteiger partial charge < -0.3 is 9.42 Å². The lowest BCUT2D eigenvalue weighted by molar-refractivity contribution is 0.0624. The smallest absolute Gasteiger partial charge is 0.258 e. The number of fused-ring (bicyclic) bond motifs is 1. The third-order valence-electron chi connectivity index (χ3n) is 5.56. The van der Waals surface area contributed by atoms with Crippen molar-refractivity contribution < 1.29 is 13.7 Å². The molecule has 0 radical (unpaired) electrons. The van der Waals surface area contributed by atoms with Gasteiger partial charge in [-0.1, -0.05) is 41.6 Å². The van der Waals surface area contributed by atoms with E-state index < -0.39 is 0 Å². The second-order valence-electron chi connectivity index (χ2n) is 7.66. The number of nitrogens with zero attached hydrogens (tertiary/aromatic N) is 4. The molecule has 0 spiro atoms. The molecule has 0 saturated carbocycles. The second kappa shape index (κ2) is 8.28. The SMILES string of the molecule is O=C(c1ccc2ccccc2c1)N1CCN(Cc2noc(-c3cccc(F)c3)n2)CC1. The minimum atomic E-state index is -0.343. The summed E-state index contributed by atoms with van der Waals surface area (Å²) in [6.07, 6.45) is 0. The Hall–Kier alpha value is -3.58. The van der Waals surface area contributed by atoms with Crippen LogP contribution in [0, 0.1) is 5.82 Å². The Kier molecular flexibility index (Phi) is 5.18. The van der Waals surface area contributed by atoms with Gasteiger partial charge in [0.25, 0.3) is 11.8 Å². The summed E-state index contributed by atoms with van der Waals surface area (Å²) in [4.78, 5) is 21.4. The highest BCUT2D eigenvalue weighted by Gasteiger charge is 2.23. The summed E-state index contributed by atoms with van der Waals surface area (Å²) >= 11 is 0. The molecule has 156 valence electrons. The third kappa shape index (κ3) is 4.18. The number of benzene rings is 3. The normalized spacial score (nSPS) is 14.8. The molecular formula is C24H21FN4O2. The Morgan fingerprint density at radius 1 is 0.935 bits per heavy atom. The van der Waals surface area contributed by atoms with Gasteiger partial charge in [0.1, 0.15) is 5.82 Å². The number of rotatable bonds is 4. The molecular weight excluding hydrogens is 395 g/mol. The van der Waals surface area contributed by atoms with Crippen LogP contribution in [-0.4, -0.2) is 52.0 Å². The van der Waals surface area contributed by atoms with Crippen molar-refractivity contribution in [3.05, 3.63) is 83.9 Å². The minimum absolute atomic E-state index is 0.0540. The second-order valence-corrected chi connectivity index (χ2v) is 7.66. The van der Waals surface area contributed by atoms with E-state index >= 15 is 0 Å². The van der Waals surface area contributed by atoms with Crippen molar-refractivity contribution >= 4 is 16.7 Å². The first kappa shape index (κ1) is 19.4. The first-order valence-corrected chi connectivity index (χ1v) is 10.2. The standard InChI is InChI=1S/C24H21FN4O2/c25-21-7-3-6-19(15-21)23-26-22(27-31-23)16-28-10-12-29(13-11-28)24(30)20-9-8-17-4-1-2-5-18(17)14-20/h1-9,14-15H,10-13,16H2. The molecule has 1 fully saturated rings. The number of halogens is 1. The average Bonchev–Trinajstić information content (AvgIpc) is 3.27. The quantitative estimate of drug-likeness (QED) is 0.504. The van der Waals surface area contributed by atoms with Gasteiger partial charge in [-0.3, -0.25) is 9.69 Å². The van der Waals surface area contributed by atoms with E-state index in [4.69, 9.17) is 4.52 Å². The maximum atomic E-state index is 13.4. The van der Waals surface area contributed by atoms with Crippen molar-refractivity contribution in [2.75, 3.05) is 26.2 Å². The maximum absolute atomic E-state index is 13.4. The van der Waals surface area contributed by atoms with Gasteiger partial charge in [0, 0.05) is 37.3 Å². The zero-order valence-electron chi connectivity index (χ0n) is 16.9. The van der Waals surface area contributed by atoms with Crippen LogP contribution in [0.5, 0.6) is 0 Å². The van der Waals surface area contributed by atoms with E-state index in [1.807, 2.05) is 47.4 Å². The number of piperazine rings is 1. The van der Waals surface area contributed by atoms with Crippen molar-refractivity contribution in [1.82, 2.24) is 19.9 Å². The topological polar surface area (TPSA) is 62.5 Å². The fourth-order valence-corrected chi connectivity index (χ4v) is 3.87. The van der Waals surface area contributed by atoms with Gasteiger partial charge in [0.2, 0.25) is 0 Å². The van der Waals surface area contributed by atoms with Crippen LogP contribution < -0.4 is 0 Å². The molecule has 6 nitrogen and oxygen atoms in total. The van der Waals surface area contributed by atoms with Gasteiger partial charge in [-0.15, -0.1) is 0 Å². The maximum Gasteiger partial charge on any atom is 0.258 e. The Morgan fingerprint density at radius 3 is 2.55 bits per heavy atom. The zero-order valence-corrected chi connectivity index (χ0v) is 16.9. The van der Waals surface area contributed by atoms with Crippen molar-refractivity contribution in [1.29, 1.82) is 0 Å². The summed E-state index contributed by atoms with van der Waals surface area (Å²) < 4.78 is 18.7. The molecule has 0 bridgehead atoms. The lowest BCUT2D eigenvalue weighted by Crippen LogP contribution is -2.48. The number of hydrogen-bond acceptors (Lipinski definition) is 5. The van der Waals surface area contributed by atoms with Gasteiger partial charge in [-0.2, -0.15) is 4.98 Å². The van der Waals surface area contributed by atoms with E-state index in [1.165, 1.54) is 12.1 Å². The van der Waals surface area contributed by atoms with Gasteiger partial charge in [0.15, 0.2) is 5.82 Å². The summed E-state index contributed by atoms with van der Waals surface area (Å²) in [7, 11) is 0. The molecule has 31 heavy (non-hydrogen) atoms. The molecule has 1 saturated heterocycles. The van der Waals surface area contributed by atoms with Crippen LogP contribution in [-0.2, 0) is 6.54 Å². The number of carbonyl (C=O) groups is 1.